The number of hydrogen-bond donors (Lipinski definition) is 0. The van der Waals surface area contributed by atoms with E-state index in [-0.39, 0.29) is 16.9 Å². The summed E-state index contributed by atoms with van der Waals surface area (Å²) in [5.74, 6) is 0.779. The Kier molecular flexibility index (Phi) is 4.50. The number of aromatic nitrogens is 3. The maximum atomic E-state index is 12.9. The Morgan fingerprint density at radius 2 is 1.71 bits per heavy atom. The molecule has 2 aromatic carbocycles. The Morgan fingerprint density at radius 1 is 1.04 bits per heavy atom. The van der Waals surface area contributed by atoms with Gasteiger partial charge in [-0.15, -0.1) is 4.40 Å². The highest BCUT2D eigenvalue weighted by Crippen LogP contribution is 2.36. The van der Waals surface area contributed by atoms with Gasteiger partial charge in [-0.2, -0.15) is 18.5 Å². The molecule has 0 fully saturated rings. The first-order chi connectivity index (χ1) is 13.4. The smallest absolute Gasteiger partial charge is 0.283 e. The summed E-state index contributed by atoms with van der Waals surface area (Å²) in [6.07, 6.45) is 1.48. The third-order valence-electron chi connectivity index (χ3n) is 5.02. The van der Waals surface area contributed by atoms with Crippen molar-refractivity contribution in [3.05, 3.63) is 72.1 Å². The van der Waals surface area contributed by atoms with Crippen LogP contribution in [0.15, 0.2) is 70.2 Å². The summed E-state index contributed by atoms with van der Waals surface area (Å²) in [5, 5.41) is 4.37. The van der Waals surface area contributed by atoms with Crippen LogP contribution in [-0.4, -0.2) is 36.1 Å². The van der Waals surface area contributed by atoms with Gasteiger partial charge in [0.05, 0.1) is 10.9 Å². The SMILES string of the molecule is Cc1ccc(S(=O)(=O)/N=C2/[C@H](C)[C@H](c3ccccc3)n3ncnc3N2C)cc1. The molecule has 2 atom stereocenters. The van der Waals surface area contributed by atoms with Crippen LogP contribution in [0.4, 0.5) is 5.95 Å². The molecular formula is C20H21N5O2S. The van der Waals surface area contributed by atoms with Crippen LogP contribution in [-0.2, 0) is 10.0 Å². The molecule has 0 unspecified atom stereocenters. The highest BCUT2D eigenvalue weighted by atomic mass is 32.2. The molecule has 28 heavy (non-hydrogen) atoms. The number of sulfonamides is 1. The van der Waals surface area contributed by atoms with Crippen LogP contribution < -0.4 is 4.90 Å². The van der Waals surface area contributed by atoms with E-state index in [0.717, 1.165) is 11.1 Å². The number of hydrogen-bond acceptors (Lipinski definition) is 4. The zero-order valence-corrected chi connectivity index (χ0v) is 16.7. The lowest BCUT2D eigenvalue weighted by atomic mass is 9.92. The second kappa shape index (κ2) is 6.87. The molecule has 7 nitrogen and oxygen atoms in total. The lowest BCUT2D eigenvalue weighted by Crippen LogP contribution is -2.44. The highest BCUT2D eigenvalue weighted by molar-refractivity contribution is 7.90. The second-order valence-electron chi connectivity index (χ2n) is 6.95. The maximum absolute atomic E-state index is 12.9. The third kappa shape index (κ3) is 3.09. The lowest BCUT2D eigenvalue weighted by molar-refractivity contribution is 0.434. The first-order valence-electron chi connectivity index (χ1n) is 8.98. The minimum Gasteiger partial charge on any atom is -0.301 e. The second-order valence-corrected chi connectivity index (χ2v) is 8.55. The molecule has 1 aromatic heterocycles. The van der Waals surface area contributed by atoms with Gasteiger partial charge in [-0.25, -0.2) is 4.68 Å². The Bertz CT molecular complexity index is 1120. The van der Waals surface area contributed by atoms with Gasteiger partial charge in [0.15, 0.2) is 0 Å². The van der Waals surface area contributed by atoms with Crippen molar-refractivity contribution in [2.45, 2.75) is 24.8 Å². The molecular weight excluding hydrogens is 374 g/mol. The van der Waals surface area contributed by atoms with Gasteiger partial charge in [0.25, 0.3) is 10.0 Å². The maximum Gasteiger partial charge on any atom is 0.283 e. The first kappa shape index (κ1) is 18.4. The van der Waals surface area contributed by atoms with Crippen LogP contribution in [0.25, 0.3) is 0 Å². The molecule has 0 saturated carbocycles. The summed E-state index contributed by atoms with van der Waals surface area (Å²) in [4.78, 5) is 6.19. The van der Waals surface area contributed by atoms with Crippen molar-refractivity contribution in [2.75, 3.05) is 11.9 Å². The number of benzene rings is 2. The Morgan fingerprint density at radius 3 is 2.39 bits per heavy atom. The summed E-state index contributed by atoms with van der Waals surface area (Å²) in [7, 11) is -2.08. The molecule has 0 N–H and O–H groups in total. The van der Waals surface area contributed by atoms with Gasteiger partial charge in [0.2, 0.25) is 5.95 Å². The summed E-state index contributed by atoms with van der Waals surface area (Å²) < 4.78 is 31.9. The highest BCUT2D eigenvalue weighted by Gasteiger charge is 2.38. The van der Waals surface area contributed by atoms with E-state index in [0.29, 0.717) is 11.8 Å². The molecule has 8 heteroatoms. The van der Waals surface area contributed by atoms with E-state index >= 15 is 0 Å². The summed E-state index contributed by atoms with van der Waals surface area (Å²) in [6, 6.07) is 16.4. The van der Waals surface area contributed by atoms with Gasteiger partial charge in [-0.05, 0) is 24.6 Å². The molecule has 0 spiro atoms. The van der Waals surface area contributed by atoms with Gasteiger partial charge in [-0.1, -0.05) is 55.0 Å². The minimum absolute atomic E-state index is 0.175. The van der Waals surface area contributed by atoms with Crippen LogP contribution in [0, 0.1) is 12.8 Å². The number of anilines is 1. The quantitative estimate of drug-likeness (QED) is 0.681. The molecule has 0 bridgehead atoms. The number of amidine groups is 1. The molecule has 3 aromatic rings. The Labute approximate surface area is 164 Å². The van der Waals surface area contributed by atoms with Crippen LogP contribution in [0.1, 0.15) is 24.1 Å². The van der Waals surface area contributed by atoms with Crippen molar-refractivity contribution in [2.24, 2.45) is 10.3 Å². The summed E-state index contributed by atoms with van der Waals surface area (Å²) in [5.41, 5.74) is 2.02. The van der Waals surface area contributed by atoms with Gasteiger partial charge in [0.1, 0.15) is 12.2 Å². The van der Waals surface area contributed by atoms with E-state index in [1.165, 1.54) is 6.33 Å². The molecule has 2 heterocycles. The average Bonchev–Trinajstić information content (AvgIpc) is 3.16. The largest absolute Gasteiger partial charge is 0.301 e. The fourth-order valence-corrected chi connectivity index (χ4v) is 4.67. The first-order valence-corrected chi connectivity index (χ1v) is 10.4. The lowest BCUT2D eigenvalue weighted by Gasteiger charge is -2.36. The molecule has 0 aliphatic carbocycles. The molecule has 1 aliphatic rings. The molecule has 0 saturated heterocycles. The van der Waals surface area contributed by atoms with Crippen molar-refractivity contribution >= 4 is 21.8 Å². The number of fused-ring (bicyclic) bond motifs is 1. The van der Waals surface area contributed by atoms with Crippen LogP contribution in [0.3, 0.4) is 0 Å². The van der Waals surface area contributed by atoms with E-state index in [9.17, 15) is 8.42 Å². The predicted molar refractivity (Wildman–Crippen MR) is 108 cm³/mol. The topological polar surface area (TPSA) is 80.4 Å². The van der Waals surface area contributed by atoms with Crippen LogP contribution in [0.5, 0.6) is 0 Å². The van der Waals surface area contributed by atoms with Crippen molar-refractivity contribution in [3.63, 3.8) is 0 Å². The fraction of sp³-hybridized carbons (Fsp3) is 0.250. The van der Waals surface area contributed by atoms with Crippen molar-refractivity contribution < 1.29 is 8.42 Å². The van der Waals surface area contributed by atoms with Crippen molar-refractivity contribution in [1.82, 2.24) is 14.8 Å². The van der Waals surface area contributed by atoms with E-state index < -0.39 is 10.0 Å². The van der Waals surface area contributed by atoms with Crippen LogP contribution >= 0.6 is 0 Å². The van der Waals surface area contributed by atoms with Gasteiger partial charge in [0, 0.05) is 13.0 Å². The molecule has 0 radical (unpaired) electrons. The van der Waals surface area contributed by atoms with E-state index in [1.807, 2.05) is 48.9 Å². The fourth-order valence-electron chi connectivity index (χ4n) is 3.55. The minimum atomic E-state index is -3.84. The number of nitrogens with zero attached hydrogens (tertiary/aromatic N) is 5. The Hall–Kier alpha value is -3.00. The third-order valence-corrected chi connectivity index (χ3v) is 6.31. The molecule has 4 rings (SSSR count). The average molecular weight is 395 g/mol. The van der Waals surface area contributed by atoms with Crippen LogP contribution in [0.2, 0.25) is 0 Å². The summed E-state index contributed by atoms with van der Waals surface area (Å²) >= 11 is 0. The van der Waals surface area contributed by atoms with Gasteiger partial charge >= 0.3 is 0 Å². The standard InChI is InChI=1S/C20H21N5O2S/c1-14-9-11-17(12-10-14)28(26,27)23-19-15(2)18(16-7-5-4-6-8-16)25-20(24(19)3)21-13-22-25/h4-13,15,18H,1-3H3/b23-19-/t15-,18-/m1/s1. The van der Waals surface area contributed by atoms with Gasteiger partial charge < -0.3 is 4.90 Å². The monoisotopic (exact) mass is 395 g/mol. The molecule has 1 aliphatic heterocycles. The van der Waals surface area contributed by atoms with E-state index in [2.05, 4.69) is 14.5 Å². The summed E-state index contributed by atoms with van der Waals surface area (Å²) in [6.45, 7) is 3.87. The zero-order valence-electron chi connectivity index (χ0n) is 15.9. The van der Waals surface area contributed by atoms with E-state index in [1.54, 1.807) is 36.2 Å². The van der Waals surface area contributed by atoms with Crippen molar-refractivity contribution in [1.29, 1.82) is 0 Å². The predicted octanol–water partition coefficient (Wildman–Crippen LogP) is 3.05. The van der Waals surface area contributed by atoms with Crippen molar-refractivity contribution in [3.8, 4) is 0 Å². The zero-order chi connectivity index (χ0) is 19.9. The number of rotatable bonds is 3. The van der Waals surface area contributed by atoms with Gasteiger partial charge in [-0.3, -0.25) is 0 Å². The molecule has 144 valence electrons. The Balaban J connectivity index is 1.83. The number of aryl methyl sites for hydroxylation is 1. The normalized spacial score (nSPS) is 21.0. The molecule has 0 amide bonds. The van der Waals surface area contributed by atoms with E-state index in [4.69, 9.17) is 0 Å².